The minimum absolute atomic E-state index is 0.0874. The summed E-state index contributed by atoms with van der Waals surface area (Å²) >= 11 is 0. The normalized spacial score (nSPS) is 14.4. The molecule has 2 aromatic carbocycles. The van der Waals surface area contributed by atoms with Gasteiger partial charge in [0.05, 0.1) is 11.1 Å². The van der Waals surface area contributed by atoms with E-state index in [2.05, 4.69) is 10.3 Å². The Labute approximate surface area is 166 Å². The maximum atomic E-state index is 12.8. The number of amides is 2. The highest BCUT2D eigenvalue weighted by Gasteiger charge is 2.34. The van der Waals surface area contributed by atoms with Crippen LogP contribution in [-0.2, 0) is 16.1 Å². The van der Waals surface area contributed by atoms with Crippen LogP contribution >= 0.6 is 0 Å². The number of carbonyl (C=O) groups is 2. The third-order valence-electron chi connectivity index (χ3n) is 5.40. The number of para-hydroxylation sites is 2. The number of benzene rings is 2. The molecule has 2 amide bonds. The largest absolute Gasteiger partial charge is 0.396 e. The number of nitrogens with one attached hydrogen (secondary N) is 2. The lowest BCUT2D eigenvalue weighted by Crippen LogP contribution is -2.22. The first kappa shape index (κ1) is 17.5. The molecule has 0 saturated heterocycles. The van der Waals surface area contributed by atoms with Crippen LogP contribution in [0.1, 0.15) is 17.5 Å². The number of carbonyl (C=O) groups excluding carboxylic acids is 2. The third kappa shape index (κ3) is 2.68. The maximum absolute atomic E-state index is 12.8. The van der Waals surface area contributed by atoms with Gasteiger partial charge in [0.15, 0.2) is 0 Å². The van der Waals surface area contributed by atoms with Crippen LogP contribution < -0.4 is 5.32 Å². The Morgan fingerprint density at radius 3 is 2.34 bits per heavy atom. The topological polar surface area (TPSA) is 87.1 Å². The van der Waals surface area contributed by atoms with Crippen LogP contribution in [-0.4, -0.2) is 33.1 Å². The smallest absolute Gasteiger partial charge is 0.259 e. The molecule has 3 N–H and O–H groups in total. The quantitative estimate of drug-likeness (QED) is 0.462. The summed E-state index contributed by atoms with van der Waals surface area (Å²) in [7, 11) is 0. The number of rotatable bonds is 5. The molecule has 0 saturated carbocycles. The summed E-state index contributed by atoms with van der Waals surface area (Å²) in [5.74, 6) is -0.776. The molecule has 0 aliphatic carbocycles. The van der Waals surface area contributed by atoms with Crippen molar-refractivity contribution in [2.24, 2.45) is 0 Å². The minimum atomic E-state index is -0.389. The first-order chi connectivity index (χ1) is 14.2. The van der Waals surface area contributed by atoms with E-state index in [9.17, 15) is 14.7 Å². The average Bonchev–Trinajstić information content (AvgIpc) is 3.39. The van der Waals surface area contributed by atoms with Gasteiger partial charge < -0.3 is 14.7 Å². The van der Waals surface area contributed by atoms with E-state index in [1.807, 2.05) is 59.3 Å². The van der Waals surface area contributed by atoms with Crippen molar-refractivity contribution < 1.29 is 14.7 Å². The van der Waals surface area contributed by atoms with E-state index in [1.165, 1.54) is 0 Å². The third-order valence-corrected chi connectivity index (χ3v) is 5.40. The van der Waals surface area contributed by atoms with Crippen LogP contribution in [0.4, 0.5) is 0 Å². The van der Waals surface area contributed by atoms with E-state index in [-0.39, 0.29) is 18.4 Å². The summed E-state index contributed by atoms with van der Waals surface area (Å²) in [4.78, 5) is 28.8. The molecule has 0 unspecified atom stereocenters. The molecular formula is C23H19N3O3. The predicted molar refractivity (Wildman–Crippen MR) is 112 cm³/mol. The van der Waals surface area contributed by atoms with Gasteiger partial charge in [-0.3, -0.25) is 14.9 Å². The molecule has 144 valence electrons. The zero-order chi connectivity index (χ0) is 20.0. The van der Waals surface area contributed by atoms with Crippen molar-refractivity contribution in [1.29, 1.82) is 0 Å². The number of aryl methyl sites for hydroxylation is 1. The van der Waals surface area contributed by atoms with Crippen molar-refractivity contribution >= 4 is 44.8 Å². The number of hydrogen-bond donors (Lipinski definition) is 3. The molecule has 6 nitrogen and oxygen atoms in total. The van der Waals surface area contributed by atoms with Crippen LogP contribution in [0.2, 0.25) is 0 Å². The number of nitrogens with zero attached hydrogens (tertiary/aromatic N) is 1. The molecule has 4 aromatic rings. The molecular weight excluding hydrogens is 366 g/mol. The number of imide groups is 1. The molecule has 1 aliphatic rings. The van der Waals surface area contributed by atoms with E-state index in [1.54, 1.807) is 6.20 Å². The van der Waals surface area contributed by atoms with Crippen LogP contribution in [0.5, 0.6) is 0 Å². The summed E-state index contributed by atoms with van der Waals surface area (Å²) in [5, 5.41) is 13.5. The lowest BCUT2D eigenvalue weighted by molar-refractivity contribution is -0.122. The molecule has 2 aromatic heterocycles. The molecule has 3 heterocycles. The van der Waals surface area contributed by atoms with Gasteiger partial charge in [-0.05, 0) is 18.6 Å². The summed E-state index contributed by atoms with van der Waals surface area (Å²) in [6.07, 6.45) is 4.30. The van der Waals surface area contributed by atoms with Crippen molar-refractivity contribution in [3.05, 3.63) is 72.1 Å². The number of aliphatic hydroxyl groups is 1. The number of aromatic amines is 1. The first-order valence-corrected chi connectivity index (χ1v) is 9.54. The molecule has 29 heavy (non-hydrogen) atoms. The van der Waals surface area contributed by atoms with Crippen LogP contribution in [0.3, 0.4) is 0 Å². The Morgan fingerprint density at radius 2 is 1.55 bits per heavy atom. The Hall–Kier alpha value is -3.64. The molecule has 0 bridgehead atoms. The SMILES string of the molecule is O=C1NC(=O)C(c2cn(CCCO)c3ccccc23)=C1c1c[nH]c2ccccc12. The zero-order valence-electron chi connectivity index (χ0n) is 15.6. The van der Waals surface area contributed by atoms with Gasteiger partial charge in [0, 0.05) is 58.5 Å². The van der Waals surface area contributed by atoms with E-state index < -0.39 is 0 Å². The van der Waals surface area contributed by atoms with Crippen molar-refractivity contribution in [3.8, 4) is 0 Å². The average molecular weight is 385 g/mol. The summed E-state index contributed by atoms with van der Waals surface area (Å²) < 4.78 is 2.02. The van der Waals surface area contributed by atoms with Crippen LogP contribution in [0.15, 0.2) is 60.9 Å². The molecule has 0 spiro atoms. The lowest BCUT2D eigenvalue weighted by atomic mass is 9.95. The van der Waals surface area contributed by atoms with Gasteiger partial charge in [0.2, 0.25) is 0 Å². The van der Waals surface area contributed by atoms with E-state index >= 15 is 0 Å². The number of aliphatic hydroxyl groups excluding tert-OH is 1. The highest BCUT2D eigenvalue weighted by Crippen LogP contribution is 2.38. The fourth-order valence-electron chi connectivity index (χ4n) is 4.12. The van der Waals surface area contributed by atoms with Gasteiger partial charge in [-0.2, -0.15) is 0 Å². The predicted octanol–water partition coefficient (Wildman–Crippen LogP) is 3.07. The first-order valence-electron chi connectivity index (χ1n) is 9.54. The fraction of sp³-hybridized carbons (Fsp3) is 0.130. The second kappa shape index (κ2) is 6.76. The summed E-state index contributed by atoms with van der Waals surface area (Å²) in [5.41, 5.74) is 4.09. The van der Waals surface area contributed by atoms with Gasteiger partial charge in [-0.25, -0.2) is 0 Å². The number of aromatic nitrogens is 2. The highest BCUT2D eigenvalue weighted by molar-refractivity contribution is 6.50. The van der Waals surface area contributed by atoms with Gasteiger partial charge >= 0.3 is 0 Å². The molecule has 0 fully saturated rings. The summed E-state index contributed by atoms with van der Waals surface area (Å²) in [6, 6.07) is 15.5. The monoisotopic (exact) mass is 385 g/mol. The van der Waals surface area contributed by atoms with Crippen LogP contribution in [0, 0.1) is 0 Å². The lowest BCUT2D eigenvalue weighted by Gasteiger charge is -2.03. The standard InChI is InChI=1S/C23H19N3O3/c27-11-5-10-26-13-17(15-7-2-4-9-19(15)26)21-20(22(28)25-23(21)29)16-12-24-18-8-3-1-6-14(16)18/h1-4,6-9,12-13,24,27H,5,10-11H2,(H,25,28,29). The van der Waals surface area contributed by atoms with Crippen molar-refractivity contribution in [1.82, 2.24) is 14.9 Å². The second-order valence-corrected chi connectivity index (χ2v) is 7.11. The Kier molecular flexibility index (Phi) is 4.07. The highest BCUT2D eigenvalue weighted by atomic mass is 16.3. The molecule has 0 atom stereocenters. The van der Waals surface area contributed by atoms with E-state index in [0.717, 1.165) is 27.4 Å². The fourth-order valence-corrected chi connectivity index (χ4v) is 4.12. The van der Waals surface area contributed by atoms with Crippen molar-refractivity contribution in [2.45, 2.75) is 13.0 Å². The Bertz CT molecular complexity index is 1310. The van der Waals surface area contributed by atoms with Crippen molar-refractivity contribution in [2.75, 3.05) is 6.61 Å². The van der Waals surface area contributed by atoms with E-state index in [4.69, 9.17) is 0 Å². The number of hydrogen-bond acceptors (Lipinski definition) is 3. The Balaban J connectivity index is 1.79. The molecule has 6 heteroatoms. The molecule has 0 radical (unpaired) electrons. The maximum Gasteiger partial charge on any atom is 0.259 e. The second-order valence-electron chi connectivity index (χ2n) is 7.11. The van der Waals surface area contributed by atoms with Gasteiger partial charge in [-0.1, -0.05) is 36.4 Å². The van der Waals surface area contributed by atoms with E-state index in [0.29, 0.717) is 29.7 Å². The number of H-pyrrole nitrogens is 1. The molecule has 5 rings (SSSR count). The summed E-state index contributed by atoms with van der Waals surface area (Å²) in [6.45, 7) is 0.715. The minimum Gasteiger partial charge on any atom is -0.396 e. The molecule has 1 aliphatic heterocycles. The van der Waals surface area contributed by atoms with Gasteiger partial charge in [0.1, 0.15) is 0 Å². The zero-order valence-corrected chi connectivity index (χ0v) is 15.6. The van der Waals surface area contributed by atoms with Crippen LogP contribution in [0.25, 0.3) is 33.0 Å². The van der Waals surface area contributed by atoms with Gasteiger partial charge in [0.25, 0.3) is 11.8 Å². The number of fused-ring (bicyclic) bond motifs is 2. The Morgan fingerprint density at radius 1 is 0.862 bits per heavy atom. The van der Waals surface area contributed by atoms with Gasteiger partial charge in [-0.15, -0.1) is 0 Å². The van der Waals surface area contributed by atoms with Crippen molar-refractivity contribution in [3.63, 3.8) is 0 Å².